The van der Waals surface area contributed by atoms with Crippen LogP contribution in [0, 0.1) is 6.92 Å². The number of imidazole rings is 1. The molecule has 0 spiro atoms. The van der Waals surface area contributed by atoms with Crippen molar-refractivity contribution in [2.24, 2.45) is 0 Å². The molecule has 2 aromatic heterocycles. The van der Waals surface area contributed by atoms with Crippen molar-refractivity contribution in [3.05, 3.63) is 41.9 Å². The lowest BCUT2D eigenvalue weighted by Gasteiger charge is -2.12. The van der Waals surface area contributed by atoms with Gasteiger partial charge in [-0.3, -0.25) is 13.9 Å². The van der Waals surface area contributed by atoms with E-state index >= 15 is 0 Å². The molecule has 0 unspecified atom stereocenters. The van der Waals surface area contributed by atoms with E-state index in [4.69, 9.17) is 4.98 Å². The number of fused-ring (bicyclic) bond motifs is 2. The van der Waals surface area contributed by atoms with E-state index in [0.29, 0.717) is 0 Å². The second-order valence-corrected chi connectivity index (χ2v) is 5.74. The molecule has 1 aliphatic rings. The highest BCUT2D eigenvalue weighted by molar-refractivity contribution is 6.07. The van der Waals surface area contributed by atoms with Crippen LogP contribution < -0.4 is 0 Å². The minimum absolute atomic E-state index is 0.748. The summed E-state index contributed by atoms with van der Waals surface area (Å²) in [7, 11) is 4.29. The van der Waals surface area contributed by atoms with Gasteiger partial charge in [-0.05, 0) is 12.5 Å². The first-order chi connectivity index (χ1) is 10.1. The predicted molar refractivity (Wildman–Crippen MR) is 83.0 cm³/mol. The number of amidine groups is 1. The molecule has 3 aromatic rings. The van der Waals surface area contributed by atoms with Gasteiger partial charge >= 0.3 is 0 Å². The molecule has 0 N–H and O–H groups in total. The van der Waals surface area contributed by atoms with Crippen molar-refractivity contribution < 1.29 is 4.58 Å². The van der Waals surface area contributed by atoms with Crippen LogP contribution in [0.5, 0.6) is 0 Å². The second-order valence-electron chi connectivity index (χ2n) is 5.74. The van der Waals surface area contributed by atoms with E-state index in [1.165, 1.54) is 17.0 Å². The van der Waals surface area contributed by atoms with Crippen molar-refractivity contribution in [3.63, 3.8) is 0 Å². The first kappa shape index (κ1) is 12.3. The van der Waals surface area contributed by atoms with Gasteiger partial charge in [-0.15, -0.1) is 0 Å². The molecule has 0 fully saturated rings. The average molecular weight is 280 g/mol. The zero-order valence-electron chi connectivity index (χ0n) is 12.5. The van der Waals surface area contributed by atoms with Crippen molar-refractivity contribution in [2.45, 2.75) is 6.92 Å². The third-order valence-electron chi connectivity index (χ3n) is 4.27. The highest BCUT2D eigenvalue weighted by Crippen LogP contribution is 2.24. The zero-order valence-corrected chi connectivity index (χ0v) is 12.5. The van der Waals surface area contributed by atoms with Crippen molar-refractivity contribution in [1.82, 2.24) is 19.3 Å². The number of aryl methyl sites for hydroxylation is 1. The topological polar surface area (TPSA) is 36.4 Å². The second kappa shape index (κ2) is 4.28. The largest absolute Gasteiger partial charge is 0.291 e. The summed E-state index contributed by atoms with van der Waals surface area (Å²) in [6, 6.07) is 4.31. The standard InChI is InChI=1S/C16H18N5/c1-11-4-5-12-10-21-7-6-17-16(21)18-14(12)13(11)15-19(2)8-9-20(15)3/h4-7,10H,8-9H2,1-3H3/q+1. The summed E-state index contributed by atoms with van der Waals surface area (Å²) >= 11 is 0. The monoisotopic (exact) mass is 280 g/mol. The number of aromatic nitrogens is 3. The lowest BCUT2D eigenvalue weighted by Crippen LogP contribution is -2.27. The number of hydrogen-bond acceptors (Lipinski definition) is 3. The molecule has 5 nitrogen and oxygen atoms in total. The van der Waals surface area contributed by atoms with Gasteiger partial charge in [0.15, 0.2) is 0 Å². The van der Waals surface area contributed by atoms with Crippen LogP contribution in [0.2, 0.25) is 0 Å². The van der Waals surface area contributed by atoms with Crippen LogP contribution in [0.25, 0.3) is 16.7 Å². The van der Waals surface area contributed by atoms with Crippen molar-refractivity contribution in [2.75, 3.05) is 27.2 Å². The van der Waals surface area contributed by atoms with Crippen LogP contribution in [0.15, 0.2) is 30.7 Å². The Balaban J connectivity index is 2.11. The highest BCUT2D eigenvalue weighted by atomic mass is 15.3. The van der Waals surface area contributed by atoms with Crippen LogP contribution in [0.1, 0.15) is 11.1 Å². The van der Waals surface area contributed by atoms with E-state index in [1.807, 2.05) is 10.6 Å². The van der Waals surface area contributed by atoms with E-state index in [9.17, 15) is 0 Å². The van der Waals surface area contributed by atoms with E-state index in [1.54, 1.807) is 6.20 Å². The van der Waals surface area contributed by atoms with Gasteiger partial charge in [0.2, 0.25) is 5.78 Å². The molecule has 0 aliphatic carbocycles. The van der Waals surface area contributed by atoms with Crippen LogP contribution in [0.3, 0.4) is 0 Å². The molecular weight excluding hydrogens is 262 g/mol. The number of benzene rings is 1. The van der Waals surface area contributed by atoms with Crippen molar-refractivity contribution >= 4 is 22.5 Å². The lowest BCUT2D eigenvalue weighted by atomic mass is 10.0. The fraction of sp³-hybridized carbons (Fsp3) is 0.312. The van der Waals surface area contributed by atoms with Crippen LogP contribution >= 0.6 is 0 Å². The van der Waals surface area contributed by atoms with Crippen molar-refractivity contribution in [1.29, 1.82) is 0 Å². The van der Waals surface area contributed by atoms with Gasteiger partial charge in [-0.25, -0.2) is 9.97 Å². The Bertz CT molecular complexity index is 890. The number of likely N-dealkylation sites (N-methyl/N-ethyl adjacent to an activating group) is 2. The van der Waals surface area contributed by atoms with Gasteiger partial charge in [-0.1, -0.05) is 12.1 Å². The molecule has 0 saturated heterocycles. The summed E-state index contributed by atoms with van der Waals surface area (Å²) < 4.78 is 4.27. The third-order valence-corrected chi connectivity index (χ3v) is 4.27. The maximum Gasteiger partial charge on any atom is 0.281 e. The van der Waals surface area contributed by atoms with Crippen LogP contribution in [-0.4, -0.2) is 56.9 Å². The number of hydrogen-bond donors (Lipinski definition) is 0. The smallest absolute Gasteiger partial charge is 0.281 e. The number of rotatable bonds is 1. The fourth-order valence-corrected chi connectivity index (χ4v) is 3.14. The molecule has 4 rings (SSSR count). The fourth-order valence-electron chi connectivity index (χ4n) is 3.14. The van der Waals surface area contributed by atoms with Crippen molar-refractivity contribution in [3.8, 4) is 0 Å². The molecule has 1 aromatic carbocycles. The van der Waals surface area contributed by atoms with E-state index in [2.05, 4.69) is 53.8 Å². The Morgan fingerprint density at radius 1 is 1.29 bits per heavy atom. The normalized spacial score (nSPS) is 15.7. The molecule has 0 bridgehead atoms. The molecule has 1 aliphatic heterocycles. The zero-order chi connectivity index (χ0) is 14.6. The Kier molecular flexibility index (Phi) is 2.51. The maximum atomic E-state index is 4.79. The Morgan fingerprint density at radius 3 is 2.90 bits per heavy atom. The molecular formula is C16H18N5+. The number of nitrogens with zero attached hydrogens (tertiary/aromatic N) is 5. The molecule has 5 heteroatoms. The summed E-state index contributed by atoms with van der Waals surface area (Å²) in [6.45, 7) is 4.25. The van der Waals surface area contributed by atoms with Gasteiger partial charge < -0.3 is 0 Å². The van der Waals surface area contributed by atoms with Gasteiger partial charge in [0.25, 0.3) is 5.84 Å². The lowest BCUT2D eigenvalue weighted by molar-refractivity contribution is -0.486. The van der Waals surface area contributed by atoms with Crippen LogP contribution in [-0.2, 0) is 0 Å². The SMILES string of the molecule is Cc1ccc2cn3ccnc3nc2c1C1=[N+](C)CCN1C. The predicted octanol–water partition coefficient (Wildman–Crippen LogP) is 1.53. The molecule has 106 valence electrons. The molecule has 21 heavy (non-hydrogen) atoms. The maximum absolute atomic E-state index is 4.79. The third kappa shape index (κ3) is 1.73. The summed E-state index contributed by atoms with van der Waals surface area (Å²) in [5, 5.41) is 1.14. The van der Waals surface area contributed by atoms with E-state index in [0.717, 1.165) is 29.8 Å². The van der Waals surface area contributed by atoms with E-state index in [-0.39, 0.29) is 0 Å². The van der Waals surface area contributed by atoms with E-state index < -0.39 is 0 Å². The molecule has 0 amide bonds. The molecule has 3 heterocycles. The van der Waals surface area contributed by atoms with Gasteiger partial charge in [0.1, 0.15) is 13.1 Å². The molecule has 0 saturated carbocycles. The quantitative estimate of drug-likeness (QED) is 0.634. The summed E-state index contributed by atoms with van der Waals surface area (Å²) in [5.74, 6) is 2.00. The van der Waals surface area contributed by atoms with Crippen LogP contribution in [0.4, 0.5) is 0 Å². The Labute approximate surface area is 123 Å². The minimum atomic E-state index is 0.748. The molecule has 0 atom stereocenters. The first-order valence-corrected chi connectivity index (χ1v) is 7.18. The highest BCUT2D eigenvalue weighted by Gasteiger charge is 2.30. The average Bonchev–Trinajstić information content (AvgIpc) is 3.04. The Morgan fingerprint density at radius 2 is 2.14 bits per heavy atom. The van der Waals surface area contributed by atoms with Gasteiger partial charge in [0.05, 0.1) is 25.2 Å². The van der Waals surface area contributed by atoms with Gasteiger partial charge in [0, 0.05) is 24.0 Å². The summed E-state index contributed by atoms with van der Waals surface area (Å²) in [5.41, 5.74) is 3.51. The first-order valence-electron chi connectivity index (χ1n) is 7.18. The Hall–Kier alpha value is -2.43. The minimum Gasteiger partial charge on any atom is -0.291 e. The molecule has 0 radical (unpaired) electrons. The summed E-state index contributed by atoms with van der Waals surface area (Å²) in [4.78, 5) is 11.4. The summed E-state index contributed by atoms with van der Waals surface area (Å²) in [6.07, 6.45) is 5.82. The van der Waals surface area contributed by atoms with Gasteiger partial charge in [-0.2, -0.15) is 0 Å².